The fourth-order valence-corrected chi connectivity index (χ4v) is 2.34. The number of para-hydroxylation sites is 2. The second kappa shape index (κ2) is 8.52. The molecule has 2 N–H and O–H groups in total. The highest BCUT2D eigenvalue weighted by molar-refractivity contribution is 6.10. The number of ether oxygens (including phenoxy) is 1. The van der Waals surface area contributed by atoms with Crippen LogP contribution in [0.2, 0.25) is 0 Å². The van der Waals surface area contributed by atoms with Crippen LogP contribution in [0, 0.1) is 12.3 Å². The zero-order chi connectivity index (χ0) is 19.2. The van der Waals surface area contributed by atoms with Crippen LogP contribution >= 0.6 is 0 Å². The lowest BCUT2D eigenvalue weighted by atomic mass is 9.90. The predicted molar refractivity (Wildman–Crippen MR) is 103 cm³/mol. The number of hydrogen-bond donors (Lipinski definition) is 2. The number of carbonyl (C=O) groups excluding carboxylic acids is 2. The molecule has 0 spiro atoms. The summed E-state index contributed by atoms with van der Waals surface area (Å²) in [4.78, 5) is 25.2. The Balaban J connectivity index is 2.02. The van der Waals surface area contributed by atoms with E-state index in [9.17, 15) is 9.59 Å². The molecule has 138 valence electrons. The van der Waals surface area contributed by atoms with Crippen molar-refractivity contribution >= 4 is 17.5 Å². The molecule has 26 heavy (non-hydrogen) atoms. The Kier molecular flexibility index (Phi) is 6.39. The van der Waals surface area contributed by atoms with Gasteiger partial charge in [0.15, 0.2) is 0 Å². The lowest BCUT2D eigenvalue weighted by molar-refractivity contribution is -0.138. The third-order valence-corrected chi connectivity index (χ3v) is 4.14. The van der Waals surface area contributed by atoms with E-state index in [1.807, 2.05) is 50.2 Å². The number of amides is 2. The monoisotopic (exact) mass is 354 g/mol. The van der Waals surface area contributed by atoms with Crippen molar-refractivity contribution < 1.29 is 14.3 Å². The number of carbonyl (C=O) groups is 2. The molecule has 0 saturated carbocycles. The van der Waals surface area contributed by atoms with Gasteiger partial charge in [0.25, 0.3) is 0 Å². The first-order valence-electron chi connectivity index (χ1n) is 8.71. The summed E-state index contributed by atoms with van der Waals surface area (Å²) in [5.41, 5.74) is 1.48. The maximum Gasteiger partial charge on any atom is 0.239 e. The van der Waals surface area contributed by atoms with Gasteiger partial charge in [-0.1, -0.05) is 42.0 Å². The van der Waals surface area contributed by atoms with Crippen LogP contribution in [0.4, 0.5) is 5.69 Å². The van der Waals surface area contributed by atoms with Gasteiger partial charge in [-0.2, -0.15) is 0 Å². The largest absolute Gasteiger partial charge is 0.492 e. The quantitative estimate of drug-likeness (QED) is 0.746. The van der Waals surface area contributed by atoms with Crippen molar-refractivity contribution in [1.82, 2.24) is 5.32 Å². The van der Waals surface area contributed by atoms with Crippen molar-refractivity contribution in [3.8, 4) is 5.75 Å². The summed E-state index contributed by atoms with van der Waals surface area (Å²) in [6.45, 7) is 7.97. The number of rotatable bonds is 7. The van der Waals surface area contributed by atoms with Crippen molar-refractivity contribution in [2.24, 2.45) is 5.41 Å². The molecule has 0 aromatic heterocycles. The van der Waals surface area contributed by atoms with Crippen LogP contribution < -0.4 is 15.4 Å². The van der Waals surface area contributed by atoms with E-state index in [-0.39, 0.29) is 11.8 Å². The second-order valence-corrected chi connectivity index (χ2v) is 6.68. The summed E-state index contributed by atoms with van der Waals surface area (Å²) in [7, 11) is 0. The van der Waals surface area contributed by atoms with Gasteiger partial charge >= 0.3 is 0 Å². The Bertz CT molecular complexity index is 767. The van der Waals surface area contributed by atoms with Crippen molar-refractivity contribution in [3.05, 3.63) is 59.7 Å². The molecule has 2 rings (SSSR count). The van der Waals surface area contributed by atoms with E-state index in [0.717, 1.165) is 11.1 Å². The molecular weight excluding hydrogens is 328 g/mol. The number of nitrogens with one attached hydrogen (secondary N) is 2. The van der Waals surface area contributed by atoms with Crippen molar-refractivity contribution in [2.45, 2.75) is 34.2 Å². The minimum Gasteiger partial charge on any atom is -0.492 e. The Morgan fingerprint density at radius 3 is 2.31 bits per heavy atom. The number of aryl methyl sites for hydroxylation is 1. The Hall–Kier alpha value is -2.82. The summed E-state index contributed by atoms with van der Waals surface area (Å²) in [5.74, 6) is -0.130. The molecule has 0 fully saturated rings. The SMILES string of the molecule is CCOc1ccccc1NC(=O)C(C)(C)C(=O)NCc1ccc(C)cc1. The molecule has 2 amide bonds. The van der Waals surface area contributed by atoms with Crippen LogP contribution in [0.1, 0.15) is 31.9 Å². The number of benzene rings is 2. The molecule has 2 aromatic carbocycles. The Morgan fingerprint density at radius 2 is 1.65 bits per heavy atom. The predicted octanol–water partition coefficient (Wildman–Crippen LogP) is 3.67. The van der Waals surface area contributed by atoms with Crippen molar-refractivity contribution in [1.29, 1.82) is 0 Å². The van der Waals surface area contributed by atoms with Crippen LogP contribution in [-0.4, -0.2) is 18.4 Å². The average molecular weight is 354 g/mol. The molecule has 0 aliphatic rings. The van der Waals surface area contributed by atoms with E-state index in [1.54, 1.807) is 26.0 Å². The minimum atomic E-state index is -1.22. The van der Waals surface area contributed by atoms with Crippen LogP contribution in [0.3, 0.4) is 0 Å². The zero-order valence-corrected chi connectivity index (χ0v) is 15.8. The van der Waals surface area contributed by atoms with Gasteiger partial charge in [-0.05, 0) is 45.4 Å². The van der Waals surface area contributed by atoms with Crippen LogP contribution in [0.5, 0.6) is 5.75 Å². The maximum atomic E-state index is 12.7. The first-order chi connectivity index (χ1) is 12.3. The van der Waals surface area contributed by atoms with Crippen molar-refractivity contribution in [2.75, 3.05) is 11.9 Å². The average Bonchev–Trinajstić information content (AvgIpc) is 2.62. The van der Waals surface area contributed by atoms with Crippen LogP contribution in [0.15, 0.2) is 48.5 Å². The van der Waals surface area contributed by atoms with E-state index in [1.165, 1.54) is 0 Å². The summed E-state index contributed by atoms with van der Waals surface area (Å²) in [6, 6.07) is 15.1. The summed E-state index contributed by atoms with van der Waals surface area (Å²) >= 11 is 0. The summed E-state index contributed by atoms with van der Waals surface area (Å²) in [5, 5.41) is 5.63. The fourth-order valence-electron chi connectivity index (χ4n) is 2.34. The molecule has 0 aliphatic carbocycles. The van der Waals surface area contributed by atoms with Gasteiger partial charge in [-0.3, -0.25) is 9.59 Å². The molecule has 5 heteroatoms. The molecule has 5 nitrogen and oxygen atoms in total. The minimum absolute atomic E-state index is 0.329. The Morgan fingerprint density at radius 1 is 1.00 bits per heavy atom. The van der Waals surface area contributed by atoms with Gasteiger partial charge in [-0.15, -0.1) is 0 Å². The molecule has 0 bridgehead atoms. The molecule has 0 saturated heterocycles. The first kappa shape index (κ1) is 19.5. The Labute approximate surface area is 154 Å². The molecule has 0 radical (unpaired) electrons. The third-order valence-electron chi connectivity index (χ3n) is 4.14. The van der Waals surface area contributed by atoms with E-state index in [4.69, 9.17) is 4.74 Å². The maximum absolute atomic E-state index is 12.7. The summed E-state index contributed by atoms with van der Waals surface area (Å²) in [6.07, 6.45) is 0. The third kappa shape index (κ3) is 4.85. The highest BCUT2D eigenvalue weighted by atomic mass is 16.5. The van der Waals surface area contributed by atoms with Crippen LogP contribution in [0.25, 0.3) is 0 Å². The molecule has 0 heterocycles. The lowest BCUT2D eigenvalue weighted by Gasteiger charge is -2.23. The normalized spacial score (nSPS) is 10.9. The zero-order valence-electron chi connectivity index (χ0n) is 15.8. The first-order valence-corrected chi connectivity index (χ1v) is 8.71. The van der Waals surface area contributed by atoms with E-state index in [0.29, 0.717) is 24.6 Å². The fraction of sp³-hybridized carbons (Fsp3) is 0.333. The molecule has 2 aromatic rings. The van der Waals surface area contributed by atoms with E-state index >= 15 is 0 Å². The van der Waals surface area contributed by atoms with Gasteiger partial charge in [0.05, 0.1) is 12.3 Å². The lowest BCUT2D eigenvalue weighted by Crippen LogP contribution is -2.44. The topological polar surface area (TPSA) is 67.4 Å². The van der Waals surface area contributed by atoms with E-state index in [2.05, 4.69) is 10.6 Å². The number of anilines is 1. The smallest absolute Gasteiger partial charge is 0.239 e. The summed E-state index contributed by atoms with van der Waals surface area (Å²) < 4.78 is 5.51. The number of hydrogen-bond acceptors (Lipinski definition) is 3. The van der Waals surface area contributed by atoms with Crippen LogP contribution in [-0.2, 0) is 16.1 Å². The van der Waals surface area contributed by atoms with Gasteiger partial charge in [0, 0.05) is 6.54 Å². The van der Waals surface area contributed by atoms with Gasteiger partial charge in [0.2, 0.25) is 11.8 Å². The molecule has 0 atom stereocenters. The molecule has 0 aliphatic heterocycles. The standard InChI is InChI=1S/C21H26N2O3/c1-5-26-18-9-7-6-8-17(18)23-20(25)21(3,4)19(24)22-14-16-12-10-15(2)11-13-16/h6-13H,5,14H2,1-4H3,(H,22,24)(H,23,25). The molecule has 0 unspecified atom stereocenters. The highest BCUT2D eigenvalue weighted by Crippen LogP contribution is 2.26. The second-order valence-electron chi connectivity index (χ2n) is 6.68. The van der Waals surface area contributed by atoms with E-state index < -0.39 is 5.41 Å². The highest BCUT2D eigenvalue weighted by Gasteiger charge is 2.36. The van der Waals surface area contributed by atoms with Gasteiger partial charge in [0.1, 0.15) is 11.2 Å². The van der Waals surface area contributed by atoms with Gasteiger partial charge < -0.3 is 15.4 Å². The molecular formula is C21H26N2O3. The van der Waals surface area contributed by atoms with Gasteiger partial charge in [-0.25, -0.2) is 0 Å². The van der Waals surface area contributed by atoms with Crippen molar-refractivity contribution in [3.63, 3.8) is 0 Å².